The lowest BCUT2D eigenvalue weighted by molar-refractivity contribution is 0.316. The van der Waals surface area contributed by atoms with Crippen LogP contribution >= 0.6 is 0 Å². The second-order valence-electron chi connectivity index (χ2n) is 4.68. The molecule has 0 saturated heterocycles. The van der Waals surface area contributed by atoms with Gasteiger partial charge in [-0.1, -0.05) is 24.3 Å². The van der Waals surface area contributed by atoms with Gasteiger partial charge in [-0.2, -0.15) is 0 Å². The zero-order valence-corrected chi connectivity index (χ0v) is 11.5. The van der Waals surface area contributed by atoms with Crippen molar-refractivity contribution in [3.8, 4) is 11.8 Å². The summed E-state index contributed by atoms with van der Waals surface area (Å²) in [6.45, 7) is 0.790. The maximum atomic E-state index is 12.1. The third-order valence-corrected chi connectivity index (χ3v) is 4.69. The molecule has 0 aromatic heterocycles. The highest BCUT2D eigenvalue weighted by atomic mass is 32.2. The van der Waals surface area contributed by atoms with E-state index in [9.17, 15) is 8.42 Å². The smallest absolute Gasteiger partial charge is 0.240 e. The molecule has 0 radical (unpaired) electrons. The van der Waals surface area contributed by atoms with Gasteiger partial charge in [-0.15, -0.1) is 0 Å². The summed E-state index contributed by atoms with van der Waals surface area (Å²) in [6.07, 6.45) is 3.44. The van der Waals surface area contributed by atoms with Gasteiger partial charge in [-0.25, -0.2) is 13.1 Å². The molecule has 1 aliphatic rings. The molecule has 0 atom stereocenters. The van der Waals surface area contributed by atoms with Crippen molar-refractivity contribution < 1.29 is 8.42 Å². The summed E-state index contributed by atoms with van der Waals surface area (Å²) < 4.78 is 26.9. The van der Waals surface area contributed by atoms with Gasteiger partial charge in [0.25, 0.3) is 0 Å². The molecule has 2 rings (SSSR count). The fourth-order valence-corrected chi connectivity index (χ4v) is 3.06. The highest BCUT2D eigenvalue weighted by Crippen LogP contribution is 2.25. The fourth-order valence-electron chi connectivity index (χ4n) is 1.90. The molecule has 1 saturated carbocycles. The molecule has 1 fully saturated rings. The number of nitrogens with one attached hydrogen (secondary N) is 1. The predicted octanol–water partition coefficient (Wildman–Crippen LogP) is 1.08. The second-order valence-corrected chi connectivity index (χ2v) is 6.45. The van der Waals surface area contributed by atoms with Gasteiger partial charge >= 0.3 is 0 Å². The van der Waals surface area contributed by atoms with Gasteiger partial charge in [0, 0.05) is 12.1 Å². The highest BCUT2D eigenvalue weighted by Gasteiger charge is 2.21. The monoisotopic (exact) mass is 278 g/mol. The zero-order chi connectivity index (χ0) is 13.7. The van der Waals surface area contributed by atoms with E-state index in [4.69, 9.17) is 5.73 Å². The summed E-state index contributed by atoms with van der Waals surface area (Å²) in [4.78, 5) is 0.260. The Bertz CT molecular complexity index is 595. The van der Waals surface area contributed by atoms with E-state index in [2.05, 4.69) is 16.6 Å². The Balaban J connectivity index is 2.10. The average Bonchev–Trinajstić information content (AvgIpc) is 2.35. The quantitative estimate of drug-likeness (QED) is 0.809. The number of benzene rings is 1. The third kappa shape index (κ3) is 3.80. The maximum absolute atomic E-state index is 12.1. The van der Waals surface area contributed by atoms with Crippen LogP contribution in [0, 0.1) is 17.8 Å². The predicted molar refractivity (Wildman–Crippen MR) is 74.9 cm³/mol. The van der Waals surface area contributed by atoms with E-state index >= 15 is 0 Å². The molecule has 3 N–H and O–H groups in total. The van der Waals surface area contributed by atoms with Crippen LogP contribution in [0.4, 0.5) is 0 Å². The molecule has 0 unspecified atom stereocenters. The SMILES string of the molecule is NCC#Cc1cccc(S(=O)(=O)NCC2CCC2)c1. The minimum atomic E-state index is -3.43. The maximum Gasteiger partial charge on any atom is 0.240 e. The van der Waals surface area contributed by atoms with Gasteiger partial charge in [0.1, 0.15) is 0 Å². The molecule has 0 spiro atoms. The lowest BCUT2D eigenvalue weighted by Gasteiger charge is -2.25. The van der Waals surface area contributed by atoms with E-state index in [1.165, 1.54) is 6.42 Å². The molecule has 4 nitrogen and oxygen atoms in total. The molecule has 0 amide bonds. The molecule has 102 valence electrons. The van der Waals surface area contributed by atoms with Crippen LogP contribution in [0.1, 0.15) is 24.8 Å². The Hall–Kier alpha value is -1.35. The number of rotatable bonds is 4. The van der Waals surface area contributed by atoms with Crippen LogP contribution in [0.25, 0.3) is 0 Å². The molecule has 1 aromatic rings. The number of sulfonamides is 1. The van der Waals surface area contributed by atoms with E-state index in [1.807, 2.05) is 0 Å². The van der Waals surface area contributed by atoms with Gasteiger partial charge < -0.3 is 5.73 Å². The normalized spacial score (nSPS) is 15.4. The molecule has 5 heteroatoms. The Morgan fingerprint density at radius 3 is 2.79 bits per heavy atom. The van der Waals surface area contributed by atoms with E-state index in [-0.39, 0.29) is 11.4 Å². The number of hydrogen-bond acceptors (Lipinski definition) is 3. The number of nitrogens with two attached hydrogens (primary N) is 1. The van der Waals surface area contributed by atoms with Gasteiger partial charge in [0.2, 0.25) is 10.0 Å². The Morgan fingerprint density at radius 1 is 1.37 bits per heavy atom. The average molecular weight is 278 g/mol. The standard InChI is InChI=1S/C14H18N2O2S/c15-9-3-7-12-4-2-8-14(10-12)19(17,18)16-11-13-5-1-6-13/h2,4,8,10,13,16H,1,5-6,9,11,15H2. The van der Waals surface area contributed by atoms with Crippen LogP contribution < -0.4 is 10.5 Å². The summed E-state index contributed by atoms with van der Waals surface area (Å²) in [7, 11) is -3.43. The molecule has 0 heterocycles. The first kappa shape index (κ1) is 14.1. The minimum absolute atomic E-state index is 0.260. The molecular weight excluding hydrogens is 260 g/mol. The third-order valence-electron chi connectivity index (χ3n) is 3.27. The van der Waals surface area contributed by atoms with Crippen LogP contribution in [0.5, 0.6) is 0 Å². The Kier molecular flexibility index (Phi) is 4.59. The first-order valence-corrected chi connectivity index (χ1v) is 7.89. The fraction of sp³-hybridized carbons (Fsp3) is 0.429. The topological polar surface area (TPSA) is 72.2 Å². The van der Waals surface area contributed by atoms with Crippen molar-refractivity contribution in [2.24, 2.45) is 11.7 Å². The molecule has 0 aliphatic heterocycles. The molecule has 1 aromatic carbocycles. The summed E-state index contributed by atoms with van der Waals surface area (Å²) >= 11 is 0. The van der Waals surface area contributed by atoms with E-state index in [1.54, 1.807) is 24.3 Å². The lowest BCUT2D eigenvalue weighted by atomic mass is 9.86. The van der Waals surface area contributed by atoms with Gasteiger partial charge in [0.05, 0.1) is 11.4 Å². The lowest BCUT2D eigenvalue weighted by Crippen LogP contribution is -2.32. The Morgan fingerprint density at radius 2 is 2.16 bits per heavy atom. The molecular formula is C14H18N2O2S. The minimum Gasteiger partial charge on any atom is -0.320 e. The van der Waals surface area contributed by atoms with E-state index in [0.29, 0.717) is 18.0 Å². The zero-order valence-electron chi connectivity index (χ0n) is 10.7. The second kappa shape index (κ2) is 6.20. The summed E-state index contributed by atoms with van der Waals surface area (Å²) in [5.74, 6) is 6.05. The van der Waals surface area contributed by atoms with Crippen molar-refractivity contribution in [2.75, 3.05) is 13.1 Å². The van der Waals surface area contributed by atoms with Crippen LogP contribution in [-0.2, 0) is 10.0 Å². The number of hydrogen-bond donors (Lipinski definition) is 2. The van der Waals surface area contributed by atoms with Crippen molar-refractivity contribution in [2.45, 2.75) is 24.2 Å². The van der Waals surface area contributed by atoms with Crippen molar-refractivity contribution in [3.63, 3.8) is 0 Å². The van der Waals surface area contributed by atoms with Gasteiger partial charge in [-0.3, -0.25) is 0 Å². The summed E-state index contributed by atoms with van der Waals surface area (Å²) in [5, 5.41) is 0. The van der Waals surface area contributed by atoms with Crippen LogP contribution in [0.3, 0.4) is 0 Å². The van der Waals surface area contributed by atoms with Crippen molar-refractivity contribution in [1.82, 2.24) is 4.72 Å². The molecule has 0 bridgehead atoms. The van der Waals surface area contributed by atoms with Crippen molar-refractivity contribution in [3.05, 3.63) is 29.8 Å². The van der Waals surface area contributed by atoms with Crippen LogP contribution in [0.2, 0.25) is 0 Å². The summed E-state index contributed by atoms with van der Waals surface area (Å²) in [6, 6.07) is 6.62. The largest absolute Gasteiger partial charge is 0.320 e. The van der Waals surface area contributed by atoms with Gasteiger partial charge in [0.15, 0.2) is 0 Å². The van der Waals surface area contributed by atoms with E-state index in [0.717, 1.165) is 12.8 Å². The summed E-state index contributed by atoms with van der Waals surface area (Å²) in [5.41, 5.74) is 5.96. The molecule has 19 heavy (non-hydrogen) atoms. The Labute approximate surface area is 114 Å². The van der Waals surface area contributed by atoms with Crippen molar-refractivity contribution >= 4 is 10.0 Å². The van der Waals surface area contributed by atoms with Gasteiger partial charge in [-0.05, 0) is 37.0 Å². The van der Waals surface area contributed by atoms with Crippen molar-refractivity contribution in [1.29, 1.82) is 0 Å². The molecule has 1 aliphatic carbocycles. The van der Waals surface area contributed by atoms with Crippen LogP contribution in [-0.4, -0.2) is 21.5 Å². The first-order chi connectivity index (χ1) is 9.12. The highest BCUT2D eigenvalue weighted by molar-refractivity contribution is 7.89. The van der Waals surface area contributed by atoms with Crippen LogP contribution in [0.15, 0.2) is 29.2 Å². The first-order valence-electron chi connectivity index (χ1n) is 6.40. The van der Waals surface area contributed by atoms with E-state index < -0.39 is 10.0 Å².